The third-order valence-electron chi connectivity index (χ3n) is 2.94. The Balaban J connectivity index is 2.39. The zero-order chi connectivity index (χ0) is 15.9. The molecule has 4 nitrogen and oxygen atoms in total. The lowest BCUT2D eigenvalue weighted by Crippen LogP contribution is -1.85. The van der Waals surface area contributed by atoms with Crippen LogP contribution < -0.4 is 0 Å². The molecule has 0 atom stereocenters. The van der Waals surface area contributed by atoms with E-state index in [0.717, 1.165) is 0 Å². The van der Waals surface area contributed by atoms with Gasteiger partial charge in [0.1, 0.15) is 23.6 Å². The molecule has 0 fully saturated rings. The number of nitriles is 2. The molecule has 2 rings (SSSR count). The summed E-state index contributed by atoms with van der Waals surface area (Å²) in [5.41, 5.74) is 1.87. The van der Waals surface area contributed by atoms with Crippen molar-refractivity contribution < 1.29 is 10.2 Å². The van der Waals surface area contributed by atoms with Gasteiger partial charge in [-0.1, -0.05) is 24.3 Å². The standard InChI is InChI=1S/C18H12N2O2/c19-11-15(9-13-1-5-17(21)6-2-13)16(12-20)10-14-3-7-18(22)8-4-14/h1-10,21-22H. The first kappa shape index (κ1) is 14.9. The van der Waals surface area contributed by atoms with Gasteiger partial charge in [-0.3, -0.25) is 0 Å². The van der Waals surface area contributed by atoms with Gasteiger partial charge in [-0.15, -0.1) is 0 Å². The van der Waals surface area contributed by atoms with Crippen molar-refractivity contribution in [3.05, 3.63) is 70.8 Å². The number of hydrogen-bond acceptors (Lipinski definition) is 4. The minimum absolute atomic E-state index is 0.135. The molecular formula is C18H12N2O2. The lowest BCUT2D eigenvalue weighted by atomic mass is 10.0. The second kappa shape index (κ2) is 6.78. The number of allylic oxidation sites excluding steroid dienone is 2. The van der Waals surface area contributed by atoms with E-state index in [-0.39, 0.29) is 22.6 Å². The highest BCUT2D eigenvalue weighted by Crippen LogP contribution is 2.19. The Morgan fingerprint density at radius 1 is 0.682 bits per heavy atom. The van der Waals surface area contributed by atoms with E-state index < -0.39 is 0 Å². The average molecular weight is 288 g/mol. The third-order valence-corrected chi connectivity index (χ3v) is 2.94. The Hall–Kier alpha value is -3.50. The van der Waals surface area contributed by atoms with E-state index in [9.17, 15) is 20.7 Å². The van der Waals surface area contributed by atoms with Gasteiger partial charge in [0.25, 0.3) is 0 Å². The zero-order valence-corrected chi connectivity index (χ0v) is 11.6. The SMILES string of the molecule is N#CC(=Cc1ccc(O)cc1)C(C#N)=Cc1ccc(O)cc1. The molecule has 22 heavy (non-hydrogen) atoms. The molecule has 0 aliphatic rings. The Morgan fingerprint density at radius 2 is 1.00 bits per heavy atom. The minimum atomic E-state index is 0.135. The monoisotopic (exact) mass is 288 g/mol. The van der Waals surface area contributed by atoms with Gasteiger partial charge in [0, 0.05) is 0 Å². The molecular weight excluding hydrogens is 276 g/mol. The summed E-state index contributed by atoms with van der Waals surface area (Å²) >= 11 is 0. The fourth-order valence-electron chi connectivity index (χ4n) is 1.81. The molecule has 0 aliphatic heterocycles. The number of benzene rings is 2. The van der Waals surface area contributed by atoms with Crippen LogP contribution in [-0.2, 0) is 0 Å². The Kier molecular flexibility index (Phi) is 4.59. The fraction of sp³-hybridized carbons (Fsp3) is 0. The van der Waals surface area contributed by atoms with E-state index in [1.54, 1.807) is 36.4 Å². The molecule has 0 unspecified atom stereocenters. The summed E-state index contributed by atoms with van der Waals surface area (Å²) < 4.78 is 0. The molecule has 0 bridgehead atoms. The summed E-state index contributed by atoms with van der Waals surface area (Å²) in [5, 5.41) is 37.0. The minimum Gasteiger partial charge on any atom is -0.508 e. The lowest BCUT2D eigenvalue weighted by molar-refractivity contribution is 0.474. The second-order valence-corrected chi connectivity index (χ2v) is 4.52. The zero-order valence-electron chi connectivity index (χ0n) is 11.6. The van der Waals surface area contributed by atoms with Crippen LogP contribution in [0.1, 0.15) is 11.1 Å². The lowest BCUT2D eigenvalue weighted by Gasteiger charge is -2.00. The predicted octanol–water partition coefficient (Wildman–Crippen LogP) is 3.61. The summed E-state index contributed by atoms with van der Waals surface area (Å²) in [5.74, 6) is 0.270. The molecule has 0 radical (unpaired) electrons. The van der Waals surface area contributed by atoms with Gasteiger partial charge in [-0.25, -0.2) is 0 Å². The predicted molar refractivity (Wildman–Crippen MR) is 83.4 cm³/mol. The summed E-state index contributed by atoms with van der Waals surface area (Å²) in [6.07, 6.45) is 3.16. The quantitative estimate of drug-likeness (QED) is 0.667. The molecule has 0 amide bonds. The van der Waals surface area contributed by atoms with E-state index in [2.05, 4.69) is 0 Å². The molecule has 2 N–H and O–H groups in total. The Morgan fingerprint density at radius 3 is 1.27 bits per heavy atom. The highest BCUT2D eigenvalue weighted by atomic mass is 16.3. The normalized spacial score (nSPS) is 11.5. The van der Waals surface area contributed by atoms with Gasteiger partial charge in [0.2, 0.25) is 0 Å². The molecule has 0 heterocycles. The number of nitrogens with zero attached hydrogens (tertiary/aromatic N) is 2. The van der Waals surface area contributed by atoms with Crippen LogP contribution in [0.2, 0.25) is 0 Å². The second-order valence-electron chi connectivity index (χ2n) is 4.52. The topological polar surface area (TPSA) is 88.0 Å². The average Bonchev–Trinajstić information content (AvgIpc) is 2.54. The maximum absolute atomic E-state index is 9.27. The van der Waals surface area contributed by atoms with Crippen molar-refractivity contribution in [2.45, 2.75) is 0 Å². The van der Waals surface area contributed by atoms with Crippen molar-refractivity contribution in [1.82, 2.24) is 0 Å². The molecule has 2 aromatic rings. The number of rotatable bonds is 3. The molecule has 0 aromatic heterocycles. The van der Waals surface area contributed by atoms with Crippen molar-refractivity contribution in [3.63, 3.8) is 0 Å². The van der Waals surface area contributed by atoms with Crippen molar-refractivity contribution in [1.29, 1.82) is 10.5 Å². The fourth-order valence-corrected chi connectivity index (χ4v) is 1.81. The number of phenols is 2. The maximum atomic E-state index is 9.27. The molecule has 0 saturated heterocycles. The van der Waals surface area contributed by atoms with E-state index in [1.165, 1.54) is 24.3 Å². The molecule has 0 saturated carbocycles. The summed E-state index contributed by atoms with van der Waals surface area (Å²) in [7, 11) is 0. The van der Waals surface area contributed by atoms with E-state index in [0.29, 0.717) is 11.1 Å². The van der Waals surface area contributed by atoms with E-state index in [1.807, 2.05) is 12.1 Å². The van der Waals surface area contributed by atoms with Crippen molar-refractivity contribution in [2.75, 3.05) is 0 Å². The van der Waals surface area contributed by atoms with E-state index in [4.69, 9.17) is 0 Å². The van der Waals surface area contributed by atoms with Crippen LogP contribution in [0.5, 0.6) is 11.5 Å². The van der Waals surface area contributed by atoms with Crippen LogP contribution in [-0.4, -0.2) is 10.2 Å². The third kappa shape index (κ3) is 3.75. The van der Waals surface area contributed by atoms with E-state index >= 15 is 0 Å². The molecule has 106 valence electrons. The Labute approximate surface area is 128 Å². The van der Waals surface area contributed by atoms with Gasteiger partial charge < -0.3 is 10.2 Å². The van der Waals surface area contributed by atoms with Crippen molar-refractivity contribution in [2.24, 2.45) is 0 Å². The number of aromatic hydroxyl groups is 2. The van der Waals surface area contributed by atoms with Crippen LogP contribution in [0, 0.1) is 22.7 Å². The maximum Gasteiger partial charge on any atom is 0.115 e. The number of hydrogen-bond donors (Lipinski definition) is 2. The van der Waals surface area contributed by atoms with Gasteiger partial charge in [0.05, 0.1) is 11.1 Å². The molecule has 0 aliphatic carbocycles. The smallest absolute Gasteiger partial charge is 0.115 e. The van der Waals surface area contributed by atoms with Crippen molar-refractivity contribution in [3.8, 4) is 23.6 Å². The molecule has 2 aromatic carbocycles. The summed E-state index contributed by atoms with van der Waals surface area (Å²) in [6.45, 7) is 0. The van der Waals surface area contributed by atoms with Gasteiger partial charge in [0.15, 0.2) is 0 Å². The van der Waals surface area contributed by atoms with Crippen LogP contribution in [0.15, 0.2) is 59.7 Å². The molecule has 4 heteroatoms. The molecule has 0 spiro atoms. The van der Waals surface area contributed by atoms with Gasteiger partial charge in [-0.2, -0.15) is 10.5 Å². The van der Waals surface area contributed by atoms with Crippen LogP contribution in [0.4, 0.5) is 0 Å². The first-order valence-corrected chi connectivity index (χ1v) is 6.44. The van der Waals surface area contributed by atoms with Crippen molar-refractivity contribution >= 4 is 12.2 Å². The highest BCUT2D eigenvalue weighted by Gasteiger charge is 2.05. The highest BCUT2D eigenvalue weighted by molar-refractivity contribution is 5.74. The van der Waals surface area contributed by atoms with Gasteiger partial charge >= 0.3 is 0 Å². The van der Waals surface area contributed by atoms with Crippen LogP contribution in [0.3, 0.4) is 0 Å². The summed E-state index contributed by atoms with van der Waals surface area (Å²) in [4.78, 5) is 0. The number of phenolic OH excluding ortho intramolecular Hbond substituents is 2. The van der Waals surface area contributed by atoms with Gasteiger partial charge in [-0.05, 0) is 47.5 Å². The summed E-state index contributed by atoms with van der Waals surface area (Å²) in [6, 6.07) is 16.7. The van der Waals surface area contributed by atoms with Crippen LogP contribution in [0.25, 0.3) is 12.2 Å². The first-order chi connectivity index (χ1) is 10.6. The van der Waals surface area contributed by atoms with Crippen LogP contribution >= 0.6 is 0 Å². The Bertz CT molecular complexity index is 731. The first-order valence-electron chi connectivity index (χ1n) is 6.44. The largest absolute Gasteiger partial charge is 0.508 e.